The summed E-state index contributed by atoms with van der Waals surface area (Å²) in [5, 5.41) is 3.25. The second kappa shape index (κ2) is 5.82. The molecule has 0 aliphatic heterocycles. The third-order valence-electron chi connectivity index (χ3n) is 2.34. The number of benzene rings is 1. The molecule has 6 heteroatoms. The lowest BCUT2D eigenvalue weighted by atomic mass is 10.1. The van der Waals surface area contributed by atoms with Crippen LogP contribution in [0.15, 0.2) is 28.9 Å². The van der Waals surface area contributed by atoms with Crippen molar-refractivity contribution in [1.29, 1.82) is 0 Å². The van der Waals surface area contributed by atoms with Gasteiger partial charge in [0.15, 0.2) is 10.3 Å². The van der Waals surface area contributed by atoms with Crippen LogP contribution in [0.25, 0.3) is 0 Å². The zero-order valence-corrected chi connectivity index (χ0v) is 12.7. The topological polar surface area (TPSA) is 42.0 Å². The molecule has 0 saturated heterocycles. The van der Waals surface area contributed by atoms with E-state index < -0.39 is 0 Å². The Labute approximate surface area is 122 Å². The monoisotopic (exact) mass is 344 g/mol. The molecule has 0 saturated carbocycles. The van der Waals surface area contributed by atoms with Gasteiger partial charge in [0.1, 0.15) is 0 Å². The summed E-state index contributed by atoms with van der Waals surface area (Å²) in [5.74, 6) is 0.0441. The van der Waals surface area contributed by atoms with E-state index in [0.29, 0.717) is 16.6 Å². The van der Waals surface area contributed by atoms with Gasteiger partial charge in [-0.05, 0) is 41.1 Å². The third-order valence-corrected chi connectivity index (χ3v) is 4.11. The number of halogens is 2. The van der Waals surface area contributed by atoms with Gasteiger partial charge < -0.3 is 5.32 Å². The number of aromatic nitrogens is 1. The number of ketones is 1. The third kappa shape index (κ3) is 3.31. The fourth-order valence-corrected chi connectivity index (χ4v) is 3.04. The Bertz CT molecular complexity index is 585. The summed E-state index contributed by atoms with van der Waals surface area (Å²) in [6, 6.07) is 5.57. The zero-order valence-electron chi connectivity index (χ0n) is 9.54. The average molecular weight is 346 g/mol. The molecule has 0 fully saturated rings. The number of Topliss-reactive ketones (excluding diaryl/α,β-unsaturated/α-hetero) is 1. The van der Waals surface area contributed by atoms with Crippen molar-refractivity contribution in [3.63, 3.8) is 0 Å². The van der Waals surface area contributed by atoms with Gasteiger partial charge in [0.2, 0.25) is 0 Å². The van der Waals surface area contributed by atoms with Crippen LogP contribution in [0.2, 0.25) is 4.47 Å². The summed E-state index contributed by atoms with van der Waals surface area (Å²) in [6.45, 7) is 2.21. The van der Waals surface area contributed by atoms with Crippen LogP contribution in [0.1, 0.15) is 22.2 Å². The highest BCUT2D eigenvalue weighted by molar-refractivity contribution is 9.10. The van der Waals surface area contributed by atoms with Gasteiger partial charge >= 0.3 is 0 Å². The normalized spacial score (nSPS) is 10.4. The van der Waals surface area contributed by atoms with E-state index >= 15 is 0 Å². The van der Waals surface area contributed by atoms with Crippen molar-refractivity contribution in [2.45, 2.75) is 13.5 Å². The standard InChI is InChI=1S/C12H10BrClN2OS/c1-7(17)10-3-2-8(4-11(10)13)15-5-9-6-16-12(14)18-9/h2-4,6,15H,5H2,1H3. The summed E-state index contributed by atoms with van der Waals surface area (Å²) in [7, 11) is 0. The first-order valence-electron chi connectivity index (χ1n) is 5.21. The second-order valence-electron chi connectivity index (χ2n) is 3.68. The van der Waals surface area contributed by atoms with Gasteiger partial charge in [-0.25, -0.2) is 4.98 Å². The Morgan fingerprint density at radius 2 is 2.33 bits per heavy atom. The van der Waals surface area contributed by atoms with Gasteiger partial charge in [0.05, 0.1) is 6.54 Å². The number of rotatable bonds is 4. The lowest BCUT2D eigenvalue weighted by Crippen LogP contribution is -1.99. The van der Waals surface area contributed by atoms with Gasteiger partial charge in [0, 0.05) is 26.8 Å². The van der Waals surface area contributed by atoms with E-state index in [1.807, 2.05) is 12.1 Å². The molecule has 3 nitrogen and oxygen atoms in total. The predicted molar refractivity (Wildman–Crippen MR) is 78.6 cm³/mol. The number of thiazole rings is 1. The molecule has 0 amide bonds. The lowest BCUT2D eigenvalue weighted by Gasteiger charge is -2.07. The van der Waals surface area contributed by atoms with E-state index in [1.54, 1.807) is 19.2 Å². The van der Waals surface area contributed by atoms with E-state index in [9.17, 15) is 4.79 Å². The van der Waals surface area contributed by atoms with Crippen LogP contribution in [0.3, 0.4) is 0 Å². The Morgan fingerprint density at radius 3 is 2.89 bits per heavy atom. The van der Waals surface area contributed by atoms with Crippen LogP contribution in [-0.2, 0) is 6.54 Å². The van der Waals surface area contributed by atoms with Gasteiger partial charge in [-0.3, -0.25) is 4.79 Å². The van der Waals surface area contributed by atoms with Crippen molar-refractivity contribution < 1.29 is 4.79 Å². The van der Waals surface area contributed by atoms with Crippen molar-refractivity contribution in [2.24, 2.45) is 0 Å². The predicted octanol–water partition coefficient (Wildman–Crippen LogP) is 4.37. The number of hydrogen-bond donors (Lipinski definition) is 1. The van der Waals surface area contributed by atoms with Crippen LogP contribution >= 0.6 is 38.9 Å². The van der Waals surface area contributed by atoms with Crippen molar-refractivity contribution in [3.8, 4) is 0 Å². The van der Waals surface area contributed by atoms with Gasteiger partial charge in [-0.15, -0.1) is 11.3 Å². The Kier molecular flexibility index (Phi) is 4.37. The molecule has 0 aliphatic carbocycles. The number of carbonyl (C=O) groups is 1. The molecular weight excluding hydrogens is 336 g/mol. The smallest absolute Gasteiger partial charge is 0.183 e. The number of nitrogens with one attached hydrogen (secondary N) is 1. The molecule has 0 bridgehead atoms. The van der Waals surface area contributed by atoms with Crippen LogP contribution in [0.4, 0.5) is 5.69 Å². The Hall–Kier alpha value is -0.910. The molecule has 0 spiro atoms. The summed E-state index contributed by atoms with van der Waals surface area (Å²) in [4.78, 5) is 16.3. The van der Waals surface area contributed by atoms with Crippen molar-refractivity contribution in [2.75, 3.05) is 5.32 Å². The molecule has 1 N–H and O–H groups in total. The minimum absolute atomic E-state index is 0.0441. The highest BCUT2D eigenvalue weighted by Crippen LogP contribution is 2.23. The summed E-state index contributed by atoms with van der Waals surface area (Å²) in [5.41, 5.74) is 1.62. The largest absolute Gasteiger partial charge is 0.380 e. The minimum atomic E-state index is 0.0441. The molecule has 94 valence electrons. The van der Waals surface area contributed by atoms with Gasteiger partial charge in [-0.1, -0.05) is 11.6 Å². The molecule has 0 atom stereocenters. The fourth-order valence-electron chi connectivity index (χ4n) is 1.47. The Morgan fingerprint density at radius 1 is 1.56 bits per heavy atom. The molecule has 1 aromatic carbocycles. The molecule has 18 heavy (non-hydrogen) atoms. The molecule has 0 unspecified atom stereocenters. The maximum absolute atomic E-state index is 11.3. The molecule has 1 aromatic heterocycles. The highest BCUT2D eigenvalue weighted by atomic mass is 79.9. The van der Waals surface area contributed by atoms with Crippen molar-refractivity contribution in [3.05, 3.63) is 43.8 Å². The molecule has 2 aromatic rings. The average Bonchev–Trinajstić information content (AvgIpc) is 2.72. The molecule has 2 rings (SSSR count). The van der Waals surface area contributed by atoms with Gasteiger partial charge in [-0.2, -0.15) is 0 Å². The minimum Gasteiger partial charge on any atom is -0.380 e. The van der Waals surface area contributed by atoms with E-state index in [-0.39, 0.29) is 5.78 Å². The SMILES string of the molecule is CC(=O)c1ccc(NCc2cnc(Cl)s2)cc1Br. The zero-order chi connectivity index (χ0) is 13.1. The summed E-state index contributed by atoms with van der Waals surface area (Å²) in [6.07, 6.45) is 1.75. The fraction of sp³-hybridized carbons (Fsp3) is 0.167. The molecule has 0 radical (unpaired) electrons. The molecule has 1 heterocycles. The lowest BCUT2D eigenvalue weighted by molar-refractivity contribution is 0.101. The van der Waals surface area contributed by atoms with Crippen LogP contribution < -0.4 is 5.32 Å². The van der Waals surface area contributed by atoms with E-state index in [2.05, 4.69) is 26.2 Å². The van der Waals surface area contributed by atoms with Crippen LogP contribution in [-0.4, -0.2) is 10.8 Å². The number of nitrogens with zero attached hydrogens (tertiary/aromatic N) is 1. The van der Waals surface area contributed by atoms with Crippen molar-refractivity contribution in [1.82, 2.24) is 4.98 Å². The van der Waals surface area contributed by atoms with Crippen LogP contribution in [0.5, 0.6) is 0 Å². The Balaban J connectivity index is 2.06. The molecular formula is C12H10BrClN2OS. The maximum atomic E-state index is 11.3. The maximum Gasteiger partial charge on any atom is 0.183 e. The number of anilines is 1. The highest BCUT2D eigenvalue weighted by Gasteiger charge is 2.06. The van der Waals surface area contributed by atoms with E-state index in [0.717, 1.165) is 15.0 Å². The quantitative estimate of drug-likeness (QED) is 0.836. The first kappa shape index (κ1) is 13.5. The summed E-state index contributed by atoms with van der Waals surface area (Å²) >= 11 is 10.6. The van der Waals surface area contributed by atoms with E-state index in [1.165, 1.54) is 11.3 Å². The number of hydrogen-bond acceptors (Lipinski definition) is 4. The first-order chi connectivity index (χ1) is 8.56. The first-order valence-corrected chi connectivity index (χ1v) is 7.19. The number of carbonyl (C=O) groups excluding carboxylic acids is 1. The second-order valence-corrected chi connectivity index (χ2v) is 6.24. The summed E-state index contributed by atoms with van der Waals surface area (Å²) < 4.78 is 1.34. The van der Waals surface area contributed by atoms with Crippen LogP contribution in [0, 0.1) is 0 Å². The van der Waals surface area contributed by atoms with E-state index in [4.69, 9.17) is 11.6 Å². The van der Waals surface area contributed by atoms with Crippen molar-refractivity contribution >= 4 is 50.3 Å². The van der Waals surface area contributed by atoms with Gasteiger partial charge in [0.25, 0.3) is 0 Å². The molecule has 0 aliphatic rings.